The summed E-state index contributed by atoms with van der Waals surface area (Å²) in [6, 6.07) is 7.73. The molecule has 8 nitrogen and oxygen atoms in total. The molecule has 13 heteroatoms. The third-order valence-electron chi connectivity index (χ3n) is 5.08. The zero-order valence-electron chi connectivity index (χ0n) is 16.5. The Bertz CT molecular complexity index is 1270. The van der Waals surface area contributed by atoms with Gasteiger partial charge in [0, 0.05) is 12.6 Å². The van der Waals surface area contributed by atoms with Gasteiger partial charge >= 0.3 is 6.18 Å². The molecule has 1 heterocycles. The fourth-order valence-corrected chi connectivity index (χ4v) is 4.92. The molecule has 0 amide bonds. The Morgan fingerprint density at radius 2 is 1.82 bits per heavy atom. The van der Waals surface area contributed by atoms with Crippen LogP contribution in [0.25, 0.3) is 0 Å². The van der Waals surface area contributed by atoms with Crippen LogP contribution in [0.5, 0.6) is 5.75 Å². The van der Waals surface area contributed by atoms with Crippen molar-refractivity contribution in [3.8, 4) is 17.9 Å². The average Bonchev–Trinajstić information content (AvgIpc) is 3.10. The number of sulfonamides is 1. The quantitative estimate of drug-likeness (QED) is 0.617. The van der Waals surface area contributed by atoms with Gasteiger partial charge in [0.2, 0.25) is 10.0 Å². The van der Waals surface area contributed by atoms with Gasteiger partial charge in [-0.15, -0.1) is 0 Å². The lowest BCUT2D eigenvalue weighted by molar-refractivity contribution is -0.137. The molecule has 3 rings (SSSR count). The van der Waals surface area contributed by atoms with E-state index in [0.717, 1.165) is 12.1 Å². The van der Waals surface area contributed by atoms with Gasteiger partial charge in [0.05, 0.1) is 34.7 Å². The highest BCUT2D eigenvalue weighted by atomic mass is 32.2. The highest BCUT2D eigenvalue weighted by Gasteiger charge is 2.51. The number of rotatable bonds is 5. The molecule has 33 heavy (non-hydrogen) atoms. The molecule has 2 N–H and O–H groups in total. The zero-order valence-corrected chi connectivity index (χ0v) is 17.4. The van der Waals surface area contributed by atoms with Gasteiger partial charge in [-0.1, -0.05) is 0 Å². The van der Waals surface area contributed by atoms with E-state index in [1.54, 1.807) is 6.07 Å². The summed E-state index contributed by atoms with van der Waals surface area (Å²) in [6.07, 6.45) is -6.20. The summed E-state index contributed by atoms with van der Waals surface area (Å²) in [7, 11) is -4.59. The summed E-state index contributed by atoms with van der Waals surface area (Å²) < 4.78 is 84.9. The van der Waals surface area contributed by atoms with E-state index in [9.17, 15) is 41.5 Å². The molecule has 1 aliphatic heterocycles. The Morgan fingerprint density at radius 3 is 2.36 bits per heavy atom. The number of ether oxygens (including phenoxy) is 1. The minimum absolute atomic E-state index is 0.158. The number of β-amino-alcohol motifs (C(OH)–C–C–N with tert-alkyl or cyclic N) is 1. The van der Waals surface area contributed by atoms with Gasteiger partial charge in [-0.2, -0.15) is 28.0 Å². The van der Waals surface area contributed by atoms with E-state index in [1.165, 1.54) is 12.1 Å². The van der Waals surface area contributed by atoms with Crippen molar-refractivity contribution in [2.75, 3.05) is 19.7 Å². The number of alkyl halides is 3. The molecule has 1 aliphatic rings. The van der Waals surface area contributed by atoms with Gasteiger partial charge < -0.3 is 14.9 Å². The van der Waals surface area contributed by atoms with Crippen molar-refractivity contribution in [1.82, 2.24) is 4.31 Å². The monoisotopic (exact) mass is 485 g/mol. The van der Waals surface area contributed by atoms with Crippen LogP contribution in [0.15, 0.2) is 41.3 Å². The molecule has 1 saturated heterocycles. The number of aliphatic hydroxyl groups excluding tert-OH is 1. The summed E-state index contributed by atoms with van der Waals surface area (Å²) in [4.78, 5) is -0.719. The van der Waals surface area contributed by atoms with Crippen molar-refractivity contribution in [2.45, 2.75) is 22.8 Å². The second-order valence-corrected chi connectivity index (χ2v) is 9.15. The Morgan fingerprint density at radius 1 is 1.15 bits per heavy atom. The summed E-state index contributed by atoms with van der Waals surface area (Å²) in [6.45, 7) is -2.23. The van der Waals surface area contributed by atoms with Crippen LogP contribution >= 0.6 is 0 Å². The van der Waals surface area contributed by atoms with Gasteiger partial charge in [-0.05, 0) is 30.3 Å². The molecule has 174 valence electrons. The lowest BCUT2D eigenvalue weighted by atomic mass is 10.0. The molecule has 0 saturated carbocycles. The number of hydrogen-bond acceptors (Lipinski definition) is 7. The molecule has 2 unspecified atom stereocenters. The Hall–Kier alpha value is -3.23. The summed E-state index contributed by atoms with van der Waals surface area (Å²) in [5.74, 6) is -1.08. The number of aliphatic hydroxyl groups is 2. The normalized spacial score (nSPS) is 21.4. The van der Waals surface area contributed by atoms with E-state index in [1.807, 2.05) is 0 Å². The van der Waals surface area contributed by atoms with Crippen molar-refractivity contribution in [2.24, 2.45) is 0 Å². The standard InChI is InChI=1S/C20H15F4N3O5S/c21-16-6-15(3-1-12(16)7-25)32-18-9-27(10-19(18,29)11-28)33(30,31)17-4-2-14(20(22,23)24)5-13(17)8-26/h1-6,18,28-29H,9-11H2. The van der Waals surface area contributed by atoms with E-state index in [2.05, 4.69) is 0 Å². The molecule has 0 aliphatic carbocycles. The highest BCUT2D eigenvalue weighted by molar-refractivity contribution is 7.89. The van der Waals surface area contributed by atoms with Crippen molar-refractivity contribution < 1.29 is 40.9 Å². The van der Waals surface area contributed by atoms with Crippen molar-refractivity contribution in [1.29, 1.82) is 10.5 Å². The molecule has 0 radical (unpaired) electrons. The summed E-state index contributed by atoms with van der Waals surface area (Å²) >= 11 is 0. The maximum atomic E-state index is 13.9. The third kappa shape index (κ3) is 4.62. The predicted octanol–water partition coefficient (Wildman–Crippen LogP) is 1.76. The molecular formula is C20H15F4N3O5S. The summed E-state index contributed by atoms with van der Waals surface area (Å²) in [5.41, 5.74) is -4.39. The number of nitrogens with zero attached hydrogens (tertiary/aromatic N) is 3. The van der Waals surface area contributed by atoms with Gasteiger partial charge in [0.1, 0.15) is 35.4 Å². The van der Waals surface area contributed by atoms with Crippen LogP contribution in [0.4, 0.5) is 17.6 Å². The zero-order chi connectivity index (χ0) is 24.6. The lowest BCUT2D eigenvalue weighted by Crippen LogP contribution is -2.48. The van der Waals surface area contributed by atoms with E-state index >= 15 is 0 Å². The fraction of sp³-hybridized carbons (Fsp3) is 0.300. The molecule has 2 aromatic carbocycles. The molecule has 0 bridgehead atoms. The van der Waals surface area contributed by atoms with Crippen LogP contribution in [0.3, 0.4) is 0 Å². The molecule has 2 atom stereocenters. The highest BCUT2D eigenvalue weighted by Crippen LogP contribution is 2.35. The molecule has 1 fully saturated rings. The number of benzene rings is 2. The fourth-order valence-electron chi connectivity index (χ4n) is 3.29. The first-order valence-electron chi connectivity index (χ1n) is 9.17. The van der Waals surface area contributed by atoms with Crippen LogP contribution in [-0.4, -0.2) is 54.3 Å². The first-order chi connectivity index (χ1) is 15.4. The number of hydrogen-bond donors (Lipinski definition) is 2. The molecule has 2 aromatic rings. The second kappa shape index (κ2) is 8.61. The molecular weight excluding hydrogens is 470 g/mol. The maximum Gasteiger partial charge on any atom is 0.416 e. The lowest BCUT2D eigenvalue weighted by Gasteiger charge is -2.27. The topological polar surface area (TPSA) is 135 Å². The van der Waals surface area contributed by atoms with Gasteiger partial charge in [0.25, 0.3) is 0 Å². The number of halogens is 4. The Kier molecular flexibility index (Phi) is 6.37. The minimum Gasteiger partial charge on any atom is -0.486 e. The summed E-state index contributed by atoms with van der Waals surface area (Å²) in [5, 5.41) is 38.3. The van der Waals surface area contributed by atoms with Crippen LogP contribution in [0.1, 0.15) is 16.7 Å². The van der Waals surface area contributed by atoms with E-state index in [4.69, 9.17) is 10.00 Å². The van der Waals surface area contributed by atoms with Crippen molar-refractivity contribution in [3.63, 3.8) is 0 Å². The van der Waals surface area contributed by atoms with Crippen LogP contribution in [0.2, 0.25) is 0 Å². The Balaban J connectivity index is 1.94. The average molecular weight is 485 g/mol. The van der Waals surface area contributed by atoms with Gasteiger partial charge in [-0.25, -0.2) is 12.8 Å². The van der Waals surface area contributed by atoms with E-state index in [0.29, 0.717) is 22.5 Å². The van der Waals surface area contributed by atoms with Gasteiger partial charge in [0.15, 0.2) is 0 Å². The van der Waals surface area contributed by atoms with Gasteiger partial charge in [-0.3, -0.25) is 0 Å². The SMILES string of the molecule is N#Cc1ccc(OC2CN(S(=O)(=O)c3ccc(C(F)(F)F)cc3C#N)CC2(O)CO)cc1F. The van der Waals surface area contributed by atoms with Crippen LogP contribution < -0.4 is 4.74 Å². The van der Waals surface area contributed by atoms with Crippen LogP contribution in [-0.2, 0) is 16.2 Å². The molecule has 0 aromatic heterocycles. The first kappa shape index (κ1) is 24.4. The first-order valence-corrected chi connectivity index (χ1v) is 10.6. The third-order valence-corrected chi connectivity index (χ3v) is 6.95. The maximum absolute atomic E-state index is 13.9. The van der Waals surface area contributed by atoms with E-state index < -0.39 is 69.4 Å². The van der Waals surface area contributed by atoms with Crippen molar-refractivity contribution in [3.05, 3.63) is 58.9 Å². The molecule has 0 spiro atoms. The van der Waals surface area contributed by atoms with Crippen molar-refractivity contribution >= 4 is 10.0 Å². The number of nitriles is 2. The largest absolute Gasteiger partial charge is 0.486 e. The minimum atomic E-state index is -4.80. The van der Waals surface area contributed by atoms with E-state index in [-0.39, 0.29) is 11.3 Å². The smallest absolute Gasteiger partial charge is 0.416 e. The van der Waals surface area contributed by atoms with Crippen LogP contribution in [0, 0.1) is 28.5 Å². The second-order valence-electron chi connectivity index (χ2n) is 7.24. The Labute approximate surface area is 185 Å². The predicted molar refractivity (Wildman–Crippen MR) is 102 cm³/mol.